The van der Waals surface area contributed by atoms with Crippen molar-refractivity contribution >= 4 is 40.2 Å². The maximum absolute atomic E-state index is 17.6. The Hall–Kier alpha value is -2.11. The fraction of sp³-hybridized carbons (Fsp3) is 0.581. The zero-order valence-electron chi connectivity index (χ0n) is 23.7. The number of hydroxylamine groups is 2. The van der Waals surface area contributed by atoms with Crippen LogP contribution in [-0.2, 0) is 25.8 Å². The first-order valence-electron chi connectivity index (χ1n) is 14.3. The number of thioether (sulfide) groups is 1. The van der Waals surface area contributed by atoms with Crippen molar-refractivity contribution in [2.45, 2.75) is 63.2 Å². The zero-order chi connectivity index (χ0) is 30.2. The Morgan fingerprint density at radius 2 is 1.93 bits per heavy atom. The first-order chi connectivity index (χ1) is 19.8. The Balaban J connectivity index is 1.39. The highest BCUT2D eigenvalue weighted by Gasteiger charge is 2.79. The van der Waals surface area contributed by atoms with Gasteiger partial charge in [-0.25, -0.2) is 8.78 Å². The summed E-state index contributed by atoms with van der Waals surface area (Å²) < 4.78 is 33.5. The van der Waals surface area contributed by atoms with Gasteiger partial charge in [0, 0.05) is 47.8 Å². The molecule has 3 saturated carbocycles. The summed E-state index contributed by atoms with van der Waals surface area (Å²) in [7, 11) is 1.49. The van der Waals surface area contributed by atoms with Gasteiger partial charge in [-0.3, -0.25) is 19.2 Å². The van der Waals surface area contributed by atoms with Crippen LogP contribution >= 0.6 is 23.4 Å². The van der Waals surface area contributed by atoms with Crippen molar-refractivity contribution in [3.05, 3.63) is 58.7 Å². The number of hydrogen-bond donors (Lipinski definition) is 2. The van der Waals surface area contributed by atoms with Gasteiger partial charge in [0.15, 0.2) is 17.1 Å². The van der Waals surface area contributed by atoms with Crippen LogP contribution in [0.25, 0.3) is 0 Å². The maximum Gasteiger partial charge on any atom is 0.230 e. The van der Waals surface area contributed by atoms with E-state index in [9.17, 15) is 19.5 Å². The number of benzene rings is 1. The third-order valence-corrected chi connectivity index (χ3v) is 12.1. The van der Waals surface area contributed by atoms with Gasteiger partial charge in [-0.05, 0) is 67.5 Å². The SMILES string of the molecule is CNC(=O)CSC(=O)[C@@]12ON(Cc3ccc(Cl)cc3)C[C@@H]1C[C@H]1[C@@H]3C[C@H](F)C4=CC(=O)C=C[C@]4(C)[C@@]3(F)[C@@H](O)C[C@@]12C. The molecular weight excluding hydrogens is 586 g/mol. The third-order valence-electron chi connectivity index (χ3n) is 10.9. The molecular formula is C31H35ClF2N2O5S. The van der Waals surface area contributed by atoms with Crippen molar-refractivity contribution in [3.8, 4) is 0 Å². The molecule has 0 spiro atoms. The Labute approximate surface area is 253 Å². The summed E-state index contributed by atoms with van der Waals surface area (Å²) in [5.41, 5.74) is -5.27. The van der Waals surface area contributed by atoms with Crippen LogP contribution in [0.5, 0.6) is 0 Å². The number of aliphatic hydroxyl groups excluding tert-OH is 1. The predicted octanol–water partition coefficient (Wildman–Crippen LogP) is 4.38. The van der Waals surface area contributed by atoms with Crippen LogP contribution in [0.4, 0.5) is 8.78 Å². The summed E-state index contributed by atoms with van der Waals surface area (Å²) in [5.74, 6) is -2.60. The molecule has 0 aromatic heterocycles. The van der Waals surface area contributed by atoms with E-state index in [0.717, 1.165) is 17.3 Å². The molecule has 1 saturated heterocycles. The average Bonchev–Trinajstić information content (AvgIpc) is 3.43. The van der Waals surface area contributed by atoms with Gasteiger partial charge in [0.1, 0.15) is 6.17 Å². The van der Waals surface area contributed by atoms with Crippen molar-refractivity contribution in [1.29, 1.82) is 0 Å². The minimum atomic E-state index is -2.25. The van der Waals surface area contributed by atoms with E-state index in [4.69, 9.17) is 16.4 Å². The van der Waals surface area contributed by atoms with Crippen molar-refractivity contribution in [2.75, 3.05) is 19.3 Å². The number of hydrogen-bond acceptors (Lipinski definition) is 7. The van der Waals surface area contributed by atoms with Crippen molar-refractivity contribution in [3.63, 3.8) is 0 Å². The molecule has 11 heteroatoms. The molecule has 4 fully saturated rings. The third kappa shape index (κ3) is 4.05. The molecule has 1 amide bonds. The van der Waals surface area contributed by atoms with E-state index >= 15 is 8.78 Å². The van der Waals surface area contributed by atoms with Gasteiger partial charge >= 0.3 is 0 Å². The predicted molar refractivity (Wildman–Crippen MR) is 155 cm³/mol. The second-order valence-electron chi connectivity index (χ2n) is 12.8. The van der Waals surface area contributed by atoms with E-state index in [-0.39, 0.29) is 41.1 Å². The first-order valence-corrected chi connectivity index (χ1v) is 15.7. The van der Waals surface area contributed by atoms with Gasteiger partial charge in [0.25, 0.3) is 0 Å². The van der Waals surface area contributed by atoms with Crippen molar-refractivity contribution < 1.29 is 33.1 Å². The van der Waals surface area contributed by atoms with E-state index in [1.54, 1.807) is 24.1 Å². The van der Waals surface area contributed by atoms with Gasteiger partial charge in [-0.2, -0.15) is 5.06 Å². The summed E-state index contributed by atoms with van der Waals surface area (Å²) in [4.78, 5) is 45.1. The van der Waals surface area contributed by atoms with E-state index in [2.05, 4.69) is 5.32 Å². The molecule has 226 valence electrons. The lowest BCUT2D eigenvalue weighted by atomic mass is 9.44. The Bertz CT molecular complexity index is 1390. The smallest absolute Gasteiger partial charge is 0.230 e. The molecule has 2 N–H and O–H groups in total. The first kappa shape index (κ1) is 29.9. The van der Waals surface area contributed by atoms with E-state index in [1.165, 1.54) is 25.3 Å². The Kier molecular flexibility index (Phi) is 7.29. The summed E-state index contributed by atoms with van der Waals surface area (Å²) in [6, 6.07) is 7.30. The Morgan fingerprint density at radius 3 is 2.62 bits per heavy atom. The molecule has 9 atom stereocenters. The lowest BCUT2D eigenvalue weighted by Crippen LogP contribution is -2.70. The maximum atomic E-state index is 17.6. The summed E-state index contributed by atoms with van der Waals surface area (Å²) >= 11 is 6.92. The van der Waals surface area contributed by atoms with Crippen LogP contribution in [0.2, 0.25) is 5.02 Å². The lowest BCUT2D eigenvalue weighted by molar-refractivity contribution is -0.266. The van der Waals surface area contributed by atoms with Gasteiger partial charge in [0.2, 0.25) is 11.0 Å². The highest BCUT2D eigenvalue weighted by Crippen LogP contribution is 2.73. The lowest BCUT2D eigenvalue weighted by Gasteiger charge is -2.63. The number of allylic oxidation sites excluding steroid dienone is 4. The largest absolute Gasteiger partial charge is 0.390 e. The number of rotatable bonds is 5. The molecule has 4 aliphatic carbocycles. The van der Waals surface area contributed by atoms with Crippen molar-refractivity contribution in [1.82, 2.24) is 10.4 Å². The number of carbonyl (C=O) groups is 3. The molecule has 6 rings (SSSR count). The van der Waals surface area contributed by atoms with Gasteiger partial charge in [-0.15, -0.1) is 0 Å². The molecule has 1 heterocycles. The number of aliphatic hydroxyl groups is 1. The molecule has 0 radical (unpaired) electrons. The van der Waals surface area contributed by atoms with Gasteiger partial charge in [-0.1, -0.05) is 48.5 Å². The molecule has 0 bridgehead atoms. The normalized spacial score (nSPS) is 42.3. The second-order valence-corrected chi connectivity index (χ2v) is 14.2. The Morgan fingerprint density at radius 1 is 1.21 bits per heavy atom. The number of nitrogens with zero attached hydrogens (tertiary/aromatic N) is 1. The number of ketones is 1. The van der Waals surface area contributed by atoms with Crippen LogP contribution in [-0.4, -0.2) is 69.9 Å². The molecule has 42 heavy (non-hydrogen) atoms. The number of alkyl halides is 2. The monoisotopic (exact) mass is 620 g/mol. The molecule has 1 aromatic carbocycles. The standard InChI is InChI=1S/C31H35ClF2N2O5S/c1-28-9-8-20(37)11-23(28)24(33)12-22-21-10-18-15-36(14-17-4-6-19(32)7-5-17)41-31(18,27(40)42-16-26(39)35-3)29(21,2)13-25(38)30(22,28)34/h4-9,11,18,21-22,24-25,38H,10,12-16H2,1-3H3,(H,35,39)/t18-,21-,22-,24-,25-,28-,29-,30-,31-/m0/s1. The summed E-state index contributed by atoms with van der Waals surface area (Å²) in [6.07, 6.45) is 0.819. The number of nitrogens with one attached hydrogen (secondary N) is 1. The second kappa shape index (κ2) is 10.2. The van der Waals surface area contributed by atoms with E-state index in [0.29, 0.717) is 24.5 Å². The van der Waals surface area contributed by atoms with Crippen LogP contribution < -0.4 is 5.32 Å². The summed E-state index contributed by atoms with van der Waals surface area (Å²) in [5, 5.41) is 16.2. The number of fused-ring (bicyclic) bond motifs is 7. The fourth-order valence-corrected chi connectivity index (χ4v) is 10.0. The molecule has 5 aliphatic rings. The minimum absolute atomic E-state index is 0.0620. The average molecular weight is 621 g/mol. The number of amides is 1. The quantitative estimate of drug-likeness (QED) is 0.505. The molecule has 0 unspecified atom stereocenters. The van der Waals surface area contributed by atoms with E-state index < -0.39 is 52.0 Å². The highest BCUT2D eigenvalue weighted by atomic mass is 35.5. The highest BCUT2D eigenvalue weighted by molar-refractivity contribution is 8.14. The molecule has 1 aliphatic heterocycles. The fourth-order valence-electron chi connectivity index (χ4n) is 8.86. The van der Waals surface area contributed by atoms with Gasteiger partial charge < -0.3 is 10.4 Å². The minimum Gasteiger partial charge on any atom is -0.390 e. The molecule has 7 nitrogen and oxygen atoms in total. The van der Waals surface area contributed by atoms with Crippen LogP contribution in [0.3, 0.4) is 0 Å². The number of halogens is 3. The van der Waals surface area contributed by atoms with E-state index in [1.807, 2.05) is 19.1 Å². The molecule has 1 aromatic rings. The van der Waals surface area contributed by atoms with Crippen LogP contribution in [0.15, 0.2) is 48.1 Å². The zero-order valence-corrected chi connectivity index (χ0v) is 25.3. The van der Waals surface area contributed by atoms with Crippen LogP contribution in [0, 0.1) is 28.6 Å². The summed E-state index contributed by atoms with van der Waals surface area (Å²) in [6.45, 7) is 4.16. The van der Waals surface area contributed by atoms with Crippen molar-refractivity contribution in [2.24, 2.45) is 28.6 Å². The topological polar surface area (TPSA) is 95.9 Å². The number of carbonyl (C=O) groups excluding carboxylic acids is 3. The van der Waals surface area contributed by atoms with Gasteiger partial charge in [0.05, 0.1) is 11.9 Å². The van der Waals surface area contributed by atoms with Crippen LogP contribution in [0.1, 0.15) is 38.7 Å².